The number of likely N-dealkylation sites (N-methyl/N-ethyl adjacent to an activating group) is 1. The van der Waals surface area contributed by atoms with Gasteiger partial charge in [0.15, 0.2) is 5.78 Å². The first kappa shape index (κ1) is 28.3. The first-order valence-corrected chi connectivity index (χ1v) is 13.4. The van der Waals surface area contributed by atoms with E-state index < -0.39 is 0 Å². The summed E-state index contributed by atoms with van der Waals surface area (Å²) in [6.45, 7) is 9.45. The van der Waals surface area contributed by atoms with Gasteiger partial charge in [-0.1, -0.05) is 37.2 Å². The van der Waals surface area contributed by atoms with Gasteiger partial charge in [-0.15, -0.1) is 0 Å². The summed E-state index contributed by atoms with van der Waals surface area (Å²) >= 11 is 6.58. The quantitative estimate of drug-likeness (QED) is 0.349. The number of ether oxygens (including phenoxy) is 1. The van der Waals surface area contributed by atoms with E-state index in [1.807, 2.05) is 19.1 Å². The topological polar surface area (TPSA) is 86.6 Å². The highest BCUT2D eigenvalue weighted by Gasteiger charge is 2.26. The van der Waals surface area contributed by atoms with Gasteiger partial charge in [0.1, 0.15) is 17.3 Å². The lowest BCUT2D eigenvalue weighted by Gasteiger charge is -2.34. The van der Waals surface area contributed by atoms with Crippen LogP contribution in [-0.4, -0.2) is 69.0 Å². The Balaban J connectivity index is 1.57. The molecule has 39 heavy (non-hydrogen) atoms. The van der Waals surface area contributed by atoms with E-state index in [-0.39, 0.29) is 22.6 Å². The fourth-order valence-electron chi connectivity index (χ4n) is 4.64. The first-order chi connectivity index (χ1) is 18.8. The van der Waals surface area contributed by atoms with Gasteiger partial charge >= 0.3 is 0 Å². The molecule has 204 valence electrons. The zero-order chi connectivity index (χ0) is 27.9. The van der Waals surface area contributed by atoms with E-state index >= 15 is 0 Å². The molecule has 2 aliphatic rings. The Labute approximate surface area is 234 Å². The van der Waals surface area contributed by atoms with Crippen LogP contribution < -0.4 is 15.0 Å². The highest BCUT2D eigenvalue weighted by atomic mass is 35.5. The number of hydrogen-bond donors (Lipinski definition) is 1. The number of halogens is 1. The Bertz CT molecular complexity index is 1340. The second-order valence-corrected chi connectivity index (χ2v) is 10.0. The number of nitrogens with one attached hydrogen (secondary N) is 1. The lowest BCUT2D eigenvalue weighted by molar-refractivity contribution is -0.111. The number of rotatable bonds is 8. The molecule has 0 aromatic heterocycles. The zero-order valence-electron chi connectivity index (χ0n) is 22.6. The number of amides is 1. The Kier molecular flexibility index (Phi) is 9.32. The summed E-state index contributed by atoms with van der Waals surface area (Å²) in [5.74, 6) is 0.576. The molecule has 1 unspecified atom stereocenters. The van der Waals surface area contributed by atoms with Crippen LogP contribution in [0.1, 0.15) is 30.1 Å². The number of methoxy groups -OCH3 is 1. The number of hydrogen-bond acceptors (Lipinski definition) is 6. The number of piperazine rings is 1. The lowest BCUT2D eigenvalue weighted by atomic mass is 9.91. The molecular weight excluding hydrogens is 514 g/mol. The number of carbonyl (C=O) groups excluding carboxylic acids is 2. The molecule has 8 nitrogen and oxygen atoms in total. The number of carbonyl (C=O) groups is 2. The molecule has 1 saturated heterocycles. The molecule has 2 aromatic carbocycles. The third kappa shape index (κ3) is 6.82. The minimum atomic E-state index is -0.350. The second-order valence-electron chi connectivity index (χ2n) is 9.61. The minimum Gasteiger partial charge on any atom is -0.494 e. The largest absolute Gasteiger partial charge is 0.494 e. The van der Waals surface area contributed by atoms with Crippen molar-refractivity contribution in [2.24, 2.45) is 15.9 Å². The normalized spacial score (nSPS) is 19.1. The van der Waals surface area contributed by atoms with Gasteiger partial charge in [-0.05, 0) is 50.2 Å². The van der Waals surface area contributed by atoms with E-state index in [1.165, 1.54) is 12.3 Å². The standard InChI is InChI=1S/C30H34ClN5O3/c1-5-20-17-24(29(38)21-8-7-9-22(16-21)33-28(37)6-2)25(31)19-32-30(20)34-26-11-10-23(18-27(26)39-4)36-14-12-35(3)13-15-36/h6-11,16,18-20H,2,5,12-15,17H2,1,3-4H3,(H,33,37). The number of Topliss-reactive ketones (excluding diaryl/α,β-unsaturated/α-hetero) is 1. The summed E-state index contributed by atoms with van der Waals surface area (Å²) in [5, 5.41) is 2.96. The van der Waals surface area contributed by atoms with Crippen molar-refractivity contribution in [1.29, 1.82) is 0 Å². The second kappa shape index (κ2) is 12.9. The number of allylic oxidation sites excluding steroid dienone is 2. The molecule has 2 aromatic rings. The molecule has 0 bridgehead atoms. The summed E-state index contributed by atoms with van der Waals surface area (Å²) < 4.78 is 5.70. The number of benzene rings is 2. The highest BCUT2D eigenvalue weighted by molar-refractivity contribution is 6.42. The van der Waals surface area contributed by atoms with Gasteiger partial charge in [-0.3, -0.25) is 9.59 Å². The van der Waals surface area contributed by atoms with Crippen molar-refractivity contribution in [3.63, 3.8) is 0 Å². The van der Waals surface area contributed by atoms with Crippen molar-refractivity contribution < 1.29 is 14.3 Å². The molecule has 1 amide bonds. The number of anilines is 2. The average Bonchev–Trinajstić information content (AvgIpc) is 3.11. The number of ketones is 1. The third-order valence-corrected chi connectivity index (χ3v) is 7.35. The van der Waals surface area contributed by atoms with E-state index in [9.17, 15) is 9.59 Å². The lowest BCUT2D eigenvalue weighted by Crippen LogP contribution is -2.44. The SMILES string of the molecule is C=CC(=O)Nc1cccc(C(=O)C2=C(Cl)C=NC(=Nc3ccc(N4CCN(C)CC4)cc3OC)C(CC)C2)c1. The van der Waals surface area contributed by atoms with Gasteiger partial charge in [-0.2, -0.15) is 0 Å². The van der Waals surface area contributed by atoms with E-state index in [2.05, 4.69) is 39.8 Å². The fourth-order valence-corrected chi connectivity index (χ4v) is 4.85. The van der Waals surface area contributed by atoms with Gasteiger partial charge < -0.3 is 19.9 Å². The van der Waals surface area contributed by atoms with E-state index in [4.69, 9.17) is 21.3 Å². The molecule has 0 radical (unpaired) electrons. The minimum absolute atomic E-state index is 0.123. The van der Waals surface area contributed by atoms with Crippen molar-refractivity contribution in [1.82, 2.24) is 4.90 Å². The predicted octanol–water partition coefficient (Wildman–Crippen LogP) is 5.48. The summed E-state index contributed by atoms with van der Waals surface area (Å²) in [7, 11) is 3.77. The van der Waals surface area contributed by atoms with Crippen molar-refractivity contribution in [2.45, 2.75) is 19.8 Å². The molecule has 1 fully saturated rings. The van der Waals surface area contributed by atoms with Crippen LogP contribution in [-0.2, 0) is 4.79 Å². The third-order valence-electron chi connectivity index (χ3n) is 7.03. The molecule has 2 heterocycles. The summed E-state index contributed by atoms with van der Waals surface area (Å²) in [4.78, 5) is 39.3. The van der Waals surface area contributed by atoms with Crippen LogP contribution in [0, 0.1) is 5.92 Å². The molecule has 0 saturated carbocycles. The van der Waals surface area contributed by atoms with Crippen molar-refractivity contribution >= 4 is 52.4 Å². The molecule has 4 rings (SSSR count). The van der Waals surface area contributed by atoms with Crippen LogP contribution in [0.25, 0.3) is 0 Å². The molecule has 9 heteroatoms. The number of aliphatic imine (C=N–C) groups is 2. The van der Waals surface area contributed by atoms with E-state index in [0.29, 0.717) is 46.9 Å². The first-order valence-electron chi connectivity index (χ1n) is 13.0. The number of amidine groups is 1. The van der Waals surface area contributed by atoms with Crippen molar-refractivity contribution in [2.75, 3.05) is 50.6 Å². The van der Waals surface area contributed by atoms with Gasteiger partial charge in [-0.25, -0.2) is 9.98 Å². The van der Waals surface area contributed by atoms with Gasteiger partial charge in [0, 0.05) is 66.9 Å². The maximum atomic E-state index is 13.5. The van der Waals surface area contributed by atoms with Crippen LogP contribution in [0.2, 0.25) is 0 Å². The summed E-state index contributed by atoms with van der Waals surface area (Å²) in [6, 6.07) is 12.8. The molecule has 2 aliphatic heterocycles. The van der Waals surface area contributed by atoms with Crippen molar-refractivity contribution in [3.05, 3.63) is 71.3 Å². The maximum absolute atomic E-state index is 13.5. The summed E-state index contributed by atoms with van der Waals surface area (Å²) in [5.41, 5.74) is 3.17. The van der Waals surface area contributed by atoms with Gasteiger partial charge in [0.25, 0.3) is 0 Å². The Hall–Kier alpha value is -3.75. The summed E-state index contributed by atoms with van der Waals surface area (Å²) in [6.07, 6.45) is 3.78. The highest BCUT2D eigenvalue weighted by Crippen LogP contribution is 2.35. The fraction of sp³-hybridized carbons (Fsp3) is 0.333. The Morgan fingerprint density at radius 3 is 2.67 bits per heavy atom. The van der Waals surface area contributed by atoms with Crippen LogP contribution in [0.15, 0.2) is 75.7 Å². The molecular formula is C30H34ClN5O3. The van der Waals surface area contributed by atoms with Crippen LogP contribution in [0.5, 0.6) is 5.75 Å². The zero-order valence-corrected chi connectivity index (χ0v) is 23.4. The predicted molar refractivity (Wildman–Crippen MR) is 159 cm³/mol. The van der Waals surface area contributed by atoms with Gasteiger partial charge in [0.2, 0.25) is 5.91 Å². The molecule has 1 atom stereocenters. The molecule has 1 N–H and O–H groups in total. The van der Waals surface area contributed by atoms with Crippen LogP contribution >= 0.6 is 11.6 Å². The van der Waals surface area contributed by atoms with Crippen LogP contribution in [0.3, 0.4) is 0 Å². The number of nitrogens with zero attached hydrogens (tertiary/aromatic N) is 4. The average molecular weight is 548 g/mol. The van der Waals surface area contributed by atoms with Gasteiger partial charge in [0.05, 0.1) is 12.1 Å². The Morgan fingerprint density at radius 1 is 1.21 bits per heavy atom. The van der Waals surface area contributed by atoms with E-state index in [0.717, 1.165) is 31.9 Å². The molecule has 0 spiro atoms. The van der Waals surface area contributed by atoms with E-state index in [1.54, 1.807) is 31.4 Å². The Morgan fingerprint density at radius 2 is 1.97 bits per heavy atom. The monoisotopic (exact) mass is 547 g/mol. The maximum Gasteiger partial charge on any atom is 0.247 e. The smallest absolute Gasteiger partial charge is 0.247 e. The van der Waals surface area contributed by atoms with Crippen molar-refractivity contribution in [3.8, 4) is 5.75 Å². The molecule has 0 aliphatic carbocycles. The van der Waals surface area contributed by atoms with Crippen LogP contribution in [0.4, 0.5) is 17.1 Å².